The molecule has 2 heterocycles. The van der Waals surface area contributed by atoms with Crippen molar-refractivity contribution in [1.29, 1.82) is 0 Å². The molecule has 2 aliphatic rings. The number of amides is 1. The molecule has 0 spiro atoms. The third-order valence-electron chi connectivity index (χ3n) is 4.69. The Labute approximate surface area is 136 Å². The summed E-state index contributed by atoms with van der Waals surface area (Å²) in [6.07, 6.45) is 4.57. The van der Waals surface area contributed by atoms with Gasteiger partial charge in [-0.15, -0.1) is 10.2 Å². The van der Waals surface area contributed by atoms with E-state index in [0.717, 1.165) is 6.42 Å². The first-order chi connectivity index (χ1) is 11.1. The number of ether oxygens (including phenoxy) is 2. The molecule has 0 bridgehead atoms. The number of aryl methyl sites for hydroxylation is 1. The Bertz CT molecular complexity index is 533. The number of carbonyl (C=O) groups is 1. The highest BCUT2D eigenvalue weighted by Gasteiger charge is 2.30. The van der Waals surface area contributed by atoms with Crippen molar-refractivity contribution in [2.45, 2.75) is 51.7 Å². The zero-order valence-electron chi connectivity index (χ0n) is 13.9. The van der Waals surface area contributed by atoms with Gasteiger partial charge in [-0.1, -0.05) is 19.8 Å². The molecule has 2 fully saturated rings. The van der Waals surface area contributed by atoms with Gasteiger partial charge in [0.25, 0.3) is 0 Å². The molecule has 7 heteroatoms. The summed E-state index contributed by atoms with van der Waals surface area (Å²) < 4.78 is 16.9. The van der Waals surface area contributed by atoms with Crippen LogP contribution >= 0.6 is 0 Å². The van der Waals surface area contributed by atoms with Gasteiger partial charge in [0.1, 0.15) is 6.61 Å². The van der Waals surface area contributed by atoms with Gasteiger partial charge in [-0.25, -0.2) is 0 Å². The molecular formula is C16H25N3O4. The van der Waals surface area contributed by atoms with Gasteiger partial charge >= 0.3 is 0 Å². The number of rotatable bonds is 4. The predicted molar refractivity (Wildman–Crippen MR) is 81.7 cm³/mol. The average Bonchev–Trinajstić information content (AvgIpc) is 3.00. The van der Waals surface area contributed by atoms with E-state index in [-0.39, 0.29) is 24.7 Å². The molecule has 1 aliphatic carbocycles. The van der Waals surface area contributed by atoms with Gasteiger partial charge in [-0.3, -0.25) is 4.79 Å². The zero-order valence-corrected chi connectivity index (χ0v) is 13.9. The molecule has 1 aromatic rings. The summed E-state index contributed by atoms with van der Waals surface area (Å²) in [6.45, 7) is 5.57. The Balaban J connectivity index is 1.50. The van der Waals surface area contributed by atoms with E-state index < -0.39 is 0 Å². The van der Waals surface area contributed by atoms with E-state index in [9.17, 15) is 4.79 Å². The first kappa shape index (κ1) is 16.4. The third kappa shape index (κ3) is 4.09. The summed E-state index contributed by atoms with van der Waals surface area (Å²) in [5.41, 5.74) is 0. The summed E-state index contributed by atoms with van der Waals surface area (Å²) in [7, 11) is 0. The Kier molecular flexibility index (Phi) is 5.27. The second-order valence-corrected chi connectivity index (χ2v) is 6.47. The molecule has 128 valence electrons. The van der Waals surface area contributed by atoms with Gasteiger partial charge < -0.3 is 18.8 Å². The molecular weight excluding hydrogens is 298 g/mol. The number of morpholine rings is 1. The Morgan fingerprint density at radius 3 is 2.91 bits per heavy atom. The van der Waals surface area contributed by atoms with E-state index in [0.29, 0.717) is 37.4 Å². The first-order valence-electron chi connectivity index (χ1n) is 8.44. The number of hydrogen-bond acceptors (Lipinski definition) is 6. The van der Waals surface area contributed by atoms with Crippen LogP contribution in [0.25, 0.3) is 0 Å². The molecule has 3 rings (SSSR count). The predicted octanol–water partition coefficient (Wildman–Crippen LogP) is 1.87. The fourth-order valence-corrected chi connectivity index (χ4v) is 3.27. The van der Waals surface area contributed by atoms with Gasteiger partial charge in [0.05, 0.1) is 19.3 Å². The van der Waals surface area contributed by atoms with Gasteiger partial charge in [-0.2, -0.15) is 0 Å². The molecule has 23 heavy (non-hydrogen) atoms. The summed E-state index contributed by atoms with van der Waals surface area (Å²) in [4.78, 5) is 14.2. The number of nitrogens with zero attached hydrogens (tertiary/aromatic N) is 3. The molecule has 7 nitrogen and oxygen atoms in total. The lowest BCUT2D eigenvalue weighted by Crippen LogP contribution is -2.44. The Morgan fingerprint density at radius 1 is 1.35 bits per heavy atom. The smallest absolute Gasteiger partial charge is 0.248 e. The van der Waals surface area contributed by atoms with Crippen LogP contribution in [0.3, 0.4) is 0 Å². The first-order valence-corrected chi connectivity index (χ1v) is 8.44. The highest BCUT2D eigenvalue weighted by molar-refractivity contribution is 5.77. The van der Waals surface area contributed by atoms with Gasteiger partial charge in [0.2, 0.25) is 17.7 Å². The minimum Gasteiger partial charge on any atom is -0.423 e. The fraction of sp³-hybridized carbons (Fsp3) is 0.812. The van der Waals surface area contributed by atoms with Crippen LogP contribution in [0.2, 0.25) is 0 Å². The standard InChI is InChI=1S/C16H25N3O4/c1-11-5-3-4-6-13(11)22-10-15(20)19-7-8-21-14(9-19)16-18-17-12(2)23-16/h11,13-14H,3-10H2,1-2H3/t11-,13-,14-/m0/s1. The number of aromatic nitrogens is 2. The van der Waals surface area contributed by atoms with Crippen LogP contribution in [0.15, 0.2) is 4.42 Å². The van der Waals surface area contributed by atoms with Crippen LogP contribution in [0.5, 0.6) is 0 Å². The van der Waals surface area contributed by atoms with Crippen LogP contribution in [-0.2, 0) is 14.3 Å². The van der Waals surface area contributed by atoms with Crippen molar-refractivity contribution >= 4 is 5.91 Å². The molecule has 0 N–H and O–H groups in total. The Hall–Kier alpha value is -1.47. The molecule has 3 atom stereocenters. The quantitative estimate of drug-likeness (QED) is 0.842. The van der Waals surface area contributed by atoms with Crippen molar-refractivity contribution in [1.82, 2.24) is 15.1 Å². The number of carbonyl (C=O) groups excluding carboxylic acids is 1. The van der Waals surface area contributed by atoms with Crippen LogP contribution < -0.4 is 0 Å². The number of hydrogen-bond donors (Lipinski definition) is 0. The van der Waals surface area contributed by atoms with Crippen LogP contribution in [-0.4, -0.2) is 53.4 Å². The third-order valence-corrected chi connectivity index (χ3v) is 4.69. The summed E-state index contributed by atoms with van der Waals surface area (Å²) >= 11 is 0. The SMILES string of the molecule is Cc1nnc([C@@H]2CN(C(=O)CO[C@H]3CCCC[C@@H]3C)CCO2)o1. The van der Waals surface area contributed by atoms with E-state index in [4.69, 9.17) is 13.9 Å². The van der Waals surface area contributed by atoms with Gasteiger partial charge in [0.15, 0.2) is 6.10 Å². The summed E-state index contributed by atoms with van der Waals surface area (Å²) in [6, 6.07) is 0. The molecule has 0 unspecified atom stereocenters. The highest BCUT2D eigenvalue weighted by Crippen LogP contribution is 2.26. The second-order valence-electron chi connectivity index (χ2n) is 6.47. The second kappa shape index (κ2) is 7.40. The van der Waals surface area contributed by atoms with Crippen LogP contribution in [0.1, 0.15) is 50.5 Å². The van der Waals surface area contributed by atoms with E-state index in [2.05, 4.69) is 17.1 Å². The normalized spacial score (nSPS) is 28.8. The maximum absolute atomic E-state index is 12.4. The lowest BCUT2D eigenvalue weighted by atomic mass is 9.88. The van der Waals surface area contributed by atoms with Gasteiger partial charge in [-0.05, 0) is 18.8 Å². The molecule has 1 aromatic heterocycles. The zero-order chi connectivity index (χ0) is 16.2. The summed E-state index contributed by atoms with van der Waals surface area (Å²) in [5.74, 6) is 1.48. The van der Waals surface area contributed by atoms with Crippen LogP contribution in [0.4, 0.5) is 0 Å². The van der Waals surface area contributed by atoms with E-state index in [1.165, 1.54) is 19.3 Å². The lowest BCUT2D eigenvalue weighted by Gasteiger charge is -2.33. The maximum Gasteiger partial charge on any atom is 0.248 e. The maximum atomic E-state index is 12.4. The molecule has 1 saturated carbocycles. The molecule has 0 radical (unpaired) electrons. The van der Waals surface area contributed by atoms with E-state index in [1.807, 2.05) is 0 Å². The average molecular weight is 323 g/mol. The van der Waals surface area contributed by atoms with Crippen molar-refractivity contribution in [2.24, 2.45) is 5.92 Å². The molecule has 1 amide bonds. The van der Waals surface area contributed by atoms with Crippen molar-refractivity contribution < 1.29 is 18.7 Å². The van der Waals surface area contributed by atoms with Crippen molar-refractivity contribution in [3.63, 3.8) is 0 Å². The van der Waals surface area contributed by atoms with E-state index in [1.54, 1.807) is 11.8 Å². The van der Waals surface area contributed by atoms with E-state index >= 15 is 0 Å². The highest BCUT2D eigenvalue weighted by atomic mass is 16.5. The Morgan fingerprint density at radius 2 is 2.17 bits per heavy atom. The summed E-state index contributed by atoms with van der Waals surface area (Å²) in [5, 5.41) is 7.79. The molecule has 1 saturated heterocycles. The van der Waals surface area contributed by atoms with Crippen molar-refractivity contribution in [3.05, 3.63) is 11.8 Å². The topological polar surface area (TPSA) is 77.7 Å². The minimum absolute atomic E-state index is 0.00677. The van der Waals surface area contributed by atoms with Crippen LogP contribution in [0, 0.1) is 12.8 Å². The minimum atomic E-state index is -0.345. The fourth-order valence-electron chi connectivity index (χ4n) is 3.27. The molecule has 1 aliphatic heterocycles. The molecule has 0 aromatic carbocycles. The largest absolute Gasteiger partial charge is 0.423 e. The van der Waals surface area contributed by atoms with Gasteiger partial charge in [0, 0.05) is 13.5 Å². The van der Waals surface area contributed by atoms with Crippen molar-refractivity contribution in [2.75, 3.05) is 26.3 Å². The monoisotopic (exact) mass is 323 g/mol. The van der Waals surface area contributed by atoms with Crippen molar-refractivity contribution in [3.8, 4) is 0 Å². The lowest BCUT2D eigenvalue weighted by molar-refractivity contribution is -0.148.